The van der Waals surface area contributed by atoms with Gasteiger partial charge in [-0.05, 0) is 48.4 Å². The topological polar surface area (TPSA) is 34.0 Å². The molecule has 3 aromatic rings. The van der Waals surface area contributed by atoms with E-state index in [9.17, 15) is 4.79 Å². The fourth-order valence-electron chi connectivity index (χ4n) is 2.85. The summed E-state index contributed by atoms with van der Waals surface area (Å²) in [5.74, 6) is -0.0424. The first-order chi connectivity index (χ1) is 11.6. The van der Waals surface area contributed by atoms with Crippen molar-refractivity contribution in [3.63, 3.8) is 0 Å². The molecule has 3 nitrogen and oxygen atoms in total. The summed E-state index contributed by atoms with van der Waals surface area (Å²) >= 11 is 5.98. The Hall–Kier alpha value is -2.52. The highest BCUT2D eigenvalue weighted by Gasteiger charge is 2.19. The Kier molecular flexibility index (Phi) is 5.02. The van der Waals surface area contributed by atoms with Gasteiger partial charge in [-0.3, -0.25) is 4.79 Å². The fourth-order valence-corrected chi connectivity index (χ4v) is 3.04. The number of nitrogens with zero attached hydrogens (tertiary/aromatic N) is 1. The van der Waals surface area contributed by atoms with E-state index in [0.717, 1.165) is 5.56 Å². The van der Waals surface area contributed by atoms with Gasteiger partial charge in [-0.2, -0.15) is 0 Å². The molecule has 3 rings (SSSR count). The zero-order valence-electron chi connectivity index (χ0n) is 13.4. The molecule has 0 bridgehead atoms. The maximum Gasteiger partial charge on any atom is 0.226 e. The molecule has 1 N–H and O–H groups in total. The average Bonchev–Trinajstić information content (AvgIpc) is 3.07. The van der Waals surface area contributed by atoms with E-state index in [-0.39, 0.29) is 11.9 Å². The van der Waals surface area contributed by atoms with Gasteiger partial charge in [0.05, 0.1) is 12.5 Å². The second-order valence-electron chi connectivity index (χ2n) is 5.77. The van der Waals surface area contributed by atoms with Gasteiger partial charge in [-0.1, -0.05) is 41.9 Å². The molecular weight excluding hydrogens is 320 g/mol. The third kappa shape index (κ3) is 3.87. The van der Waals surface area contributed by atoms with Crippen LogP contribution in [0.25, 0.3) is 0 Å². The number of carbonyl (C=O) groups excluding carboxylic acids is 1. The van der Waals surface area contributed by atoms with Crippen LogP contribution in [0.3, 0.4) is 0 Å². The average molecular weight is 339 g/mol. The first kappa shape index (κ1) is 16.3. The van der Waals surface area contributed by atoms with Crippen LogP contribution in [0, 0.1) is 6.92 Å². The molecule has 0 aliphatic carbocycles. The molecule has 1 aromatic heterocycles. The minimum atomic E-state index is -0.0424. The van der Waals surface area contributed by atoms with Crippen molar-refractivity contribution in [3.05, 3.63) is 89.2 Å². The second-order valence-corrected chi connectivity index (χ2v) is 6.20. The Labute approximate surface area is 146 Å². The van der Waals surface area contributed by atoms with Crippen molar-refractivity contribution >= 4 is 23.2 Å². The molecule has 0 aliphatic heterocycles. The van der Waals surface area contributed by atoms with E-state index in [2.05, 4.69) is 28.9 Å². The van der Waals surface area contributed by atoms with Gasteiger partial charge in [0.1, 0.15) is 0 Å². The van der Waals surface area contributed by atoms with Crippen LogP contribution >= 0.6 is 11.6 Å². The van der Waals surface area contributed by atoms with Gasteiger partial charge in [0.2, 0.25) is 5.91 Å². The van der Waals surface area contributed by atoms with Crippen LogP contribution < -0.4 is 5.32 Å². The number of nitrogens with one attached hydrogen (secondary N) is 1. The number of hydrogen-bond donors (Lipinski definition) is 1. The van der Waals surface area contributed by atoms with Crippen LogP contribution in [-0.4, -0.2) is 10.5 Å². The van der Waals surface area contributed by atoms with E-state index in [0.29, 0.717) is 17.1 Å². The van der Waals surface area contributed by atoms with Crippen molar-refractivity contribution in [1.82, 2.24) is 4.57 Å². The van der Waals surface area contributed by atoms with E-state index in [1.165, 1.54) is 5.56 Å². The van der Waals surface area contributed by atoms with Crippen LogP contribution in [0.2, 0.25) is 5.02 Å². The Bertz CT molecular complexity index is 827. The summed E-state index contributed by atoms with van der Waals surface area (Å²) in [5.41, 5.74) is 3.03. The van der Waals surface area contributed by atoms with Crippen LogP contribution in [0.4, 0.5) is 5.69 Å². The summed E-state index contributed by atoms with van der Waals surface area (Å²) in [6.07, 6.45) is 4.33. The highest BCUT2D eigenvalue weighted by Crippen LogP contribution is 2.26. The molecule has 0 saturated carbocycles. The first-order valence-electron chi connectivity index (χ1n) is 7.87. The monoisotopic (exact) mass is 338 g/mol. The molecule has 1 atom stereocenters. The van der Waals surface area contributed by atoms with E-state index in [1.54, 1.807) is 12.1 Å². The normalized spacial score (nSPS) is 11.9. The van der Waals surface area contributed by atoms with Crippen molar-refractivity contribution in [1.29, 1.82) is 0 Å². The second kappa shape index (κ2) is 7.37. The quantitative estimate of drug-likeness (QED) is 0.692. The molecule has 1 unspecified atom stereocenters. The minimum Gasteiger partial charge on any atom is -0.346 e. The van der Waals surface area contributed by atoms with E-state index in [4.69, 9.17) is 11.6 Å². The van der Waals surface area contributed by atoms with E-state index < -0.39 is 0 Å². The summed E-state index contributed by atoms with van der Waals surface area (Å²) in [6, 6.07) is 19.3. The van der Waals surface area contributed by atoms with E-state index >= 15 is 0 Å². The molecule has 4 heteroatoms. The molecule has 0 radical (unpaired) electrons. The molecule has 0 spiro atoms. The summed E-state index contributed by atoms with van der Waals surface area (Å²) in [7, 11) is 0. The van der Waals surface area contributed by atoms with Gasteiger partial charge >= 0.3 is 0 Å². The largest absolute Gasteiger partial charge is 0.346 e. The smallest absolute Gasteiger partial charge is 0.226 e. The zero-order chi connectivity index (χ0) is 16.9. The van der Waals surface area contributed by atoms with Crippen LogP contribution in [0.5, 0.6) is 0 Å². The molecule has 1 heterocycles. The number of halogens is 1. The molecule has 0 aliphatic rings. The Balaban J connectivity index is 1.82. The highest BCUT2D eigenvalue weighted by atomic mass is 35.5. The molecule has 2 aromatic carbocycles. The molecule has 1 amide bonds. The van der Waals surface area contributed by atoms with Crippen molar-refractivity contribution in [2.75, 3.05) is 5.32 Å². The summed E-state index contributed by atoms with van der Waals surface area (Å²) in [6.45, 7) is 2.07. The lowest BCUT2D eigenvalue weighted by molar-refractivity contribution is -0.116. The maximum atomic E-state index is 12.5. The van der Waals surface area contributed by atoms with Gasteiger partial charge in [-0.15, -0.1) is 0 Å². The summed E-state index contributed by atoms with van der Waals surface area (Å²) in [5, 5.41) is 3.53. The van der Waals surface area contributed by atoms with Gasteiger partial charge in [-0.25, -0.2) is 0 Å². The molecule has 0 fully saturated rings. The number of rotatable bonds is 5. The lowest BCUT2D eigenvalue weighted by Gasteiger charge is -2.21. The first-order valence-corrected chi connectivity index (χ1v) is 8.24. The van der Waals surface area contributed by atoms with Crippen LogP contribution in [0.1, 0.15) is 23.6 Å². The number of hydrogen-bond acceptors (Lipinski definition) is 1. The van der Waals surface area contributed by atoms with Crippen molar-refractivity contribution in [2.24, 2.45) is 0 Å². The number of aryl methyl sites for hydroxylation is 1. The molecule has 24 heavy (non-hydrogen) atoms. The van der Waals surface area contributed by atoms with Crippen LogP contribution in [0.15, 0.2) is 73.1 Å². The summed E-state index contributed by atoms with van der Waals surface area (Å²) in [4.78, 5) is 12.5. The van der Waals surface area contributed by atoms with Crippen molar-refractivity contribution in [3.8, 4) is 0 Å². The minimum absolute atomic E-state index is 0.0413. The highest BCUT2D eigenvalue weighted by molar-refractivity contribution is 6.30. The Morgan fingerprint density at radius 1 is 1.08 bits per heavy atom. The third-order valence-corrected chi connectivity index (χ3v) is 4.26. The number of benzene rings is 2. The number of carbonyl (C=O) groups is 1. The van der Waals surface area contributed by atoms with Crippen LogP contribution in [-0.2, 0) is 4.79 Å². The Morgan fingerprint density at radius 3 is 2.54 bits per heavy atom. The zero-order valence-corrected chi connectivity index (χ0v) is 14.2. The lowest BCUT2D eigenvalue weighted by atomic mass is 9.98. The van der Waals surface area contributed by atoms with E-state index in [1.807, 2.05) is 48.8 Å². The predicted octanol–water partition coefficient (Wildman–Crippen LogP) is 5.07. The number of aromatic nitrogens is 1. The summed E-state index contributed by atoms with van der Waals surface area (Å²) < 4.78 is 2.07. The van der Waals surface area contributed by atoms with Crippen molar-refractivity contribution in [2.45, 2.75) is 19.4 Å². The SMILES string of the molecule is Cc1ccccc1C(CC(=O)Nc1cccc(Cl)c1)n1cccc1. The number of anilines is 1. The van der Waals surface area contributed by atoms with Gasteiger partial charge in [0.15, 0.2) is 0 Å². The van der Waals surface area contributed by atoms with Gasteiger partial charge < -0.3 is 9.88 Å². The van der Waals surface area contributed by atoms with Gasteiger partial charge in [0, 0.05) is 23.1 Å². The number of amides is 1. The predicted molar refractivity (Wildman–Crippen MR) is 98.4 cm³/mol. The molecule has 122 valence electrons. The Morgan fingerprint density at radius 2 is 1.83 bits per heavy atom. The molecular formula is C20H19ClN2O. The van der Waals surface area contributed by atoms with Gasteiger partial charge in [0.25, 0.3) is 0 Å². The standard InChI is InChI=1S/C20H19ClN2O/c1-15-7-2-3-10-18(15)19(23-11-4-5-12-23)14-20(24)22-17-9-6-8-16(21)13-17/h2-13,19H,14H2,1H3,(H,22,24). The molecule has 0 saturated heterocycles. The lowest BCUT2D eigenvalue weighted by Crippen LogP contribution is -2.20. The van der Waals surface area contributed by atoms with Crippen molar-refractivity contribution < 1.29 is 4.79 Å². The maximum absolute atomic E-state index is 12.5. The third-order valence-electron chi connectivity index (χ3n) is 4.02. The fraction of sp³-hybridized carbons (Fsp3) is 0.150.